The molecule has 39 heavy (non-hydrogen) atoms. The highest BCUT2D eigenvalue weighted by atomic mass is 32.2. The summed E-state index contributed by atoms with van der Waals surface area (Å²) in [4.78, 5) is 38.8. The van der Waals surface area contributed by atoms with Crippen LogP contribution >= 0.6 is 11.8 Å². The molecule has 1 amide bonds. The zero-order chi connectivity index (χ0) is 28.2. The van der Waals surface area contributed by atoms with Gasteiger partial charge in [0.05, 0.1) is 6.04 Å². The minimum atomic E-state index is -1.03. The summed E-state index contributed by atoms with van der Waals surface area (Å²) in [7, 11) is 0. The van der Waals surface area contributed by atoms with E-state index in [1.54, 1.807) is 17.8 Å². The van der Waals surface area contributed by atoms with E-state index in [2.05, 4.69) is 17.6 Å². The third-order valence-electron chi connectivity index (χ3n) is 7.69. The molecular formula is C32H44N2O4S. The number of thioether (sulfide) groups is 1. The Bertz CT molecular complexity index is 1110. The monoisotopic (exact) mass is 552 g/mol. The second kappa shape index (κ2) is 15.8. The molecule has 0 aromatic heterocycles. The lowest BCUT2D eigenvalue weighted by Gasteiger charge is -2.26. The molecule has 2 atom stereocenters. The van der Waals surface area contributed by atoms with Crippen LogP contribution in [-0.4, -0.2) is 53.4 Å². The summed E-state index contributed by atoms with van der Waals surface area (Å²) in [6.07, 6.45) is 10.3. The molecule has 1 aliphatic rings. The van der Waals surface area contributed by atoms with E-state index in [4.69, 9.17) is 0 Å². The van der Waals surface area contributed by atoms with Gasteiger partial charge in [0.25, 0.3) is 5.91 Å². The van der Waals surface area contributed by atoms with Gasteiger partial charge < -0.3 is 15.7 Å². The molecule has 6 nitrogen and oxygen atoms in total. The van der Waals surface area contributed by atoms with Crippen LogP contribution in [0.25, 0.3) is 11.1 Å². The number of hydrogen-bond acceptors (Lipinski definition) is 5. The molecule has 2 aromatic rings. The fraction of sp³-hybridized carbons (Fsp3) is 0.531. The predicted octanol–water partition coefficient (Wildman–Crippen LogP) is 6.05. The number of hydrogen-bond donors (Lipinski definition) is 3. The van der Waals surface area contributed by atoms with Gasteiger partial charge in [-0.15, -0.1) is 0 Å². The molecule has 1 saturated carbocycles. The Kier molecular flexibility index (Phi) is 12.5. The van der Waals surface area contributed by atoms with Crippen molar-refractivity contribution in [3.8, 4) is 11.1 Å². The van der Waals surface area contributed by atoms with Crippen LogP contribution in [0.1, 0.15) is 79.8 Å². The van der Waals surface area contributed by atoms with Crippen LogP contribution < -0.4 is 10.6 Å². The molecule has 3 rings (SSSR count). The summed E-state index contributed by atoms with van der Waals surface area (Å²) in [5, 5.41) is 15.9. The van der Waals surface area contributed by atoms with Crippen molar-refractivity contribution in [2.75, 3.05) is 18.6 Å². The predicted molar refractivity (Wildman–Crippen MR) is 160 cm³/mol. The quantitative estimate of drug-likeness (QED) is 0.233. The molecule has 1 unspecified atom stereocenters. The van der Waals surface area contributed by atoms with Gasteiger partial charge in [0.2, 0.25) is 0 Å². The summed E-state index contributed by atoms with van der Waals surface area (Å²) < 4.78 is 0. The lowest BCUT2D eigenvalue weighted by atomic mass is 9.82. The Hall–Kier alpha value is -2.64. The van der Waals surface area contributed by atoms with Crippen molar-refractivity contribution in [2.45, 2.75) is 83.7 Å². The van der Waals surface area contributed by atoms with Crippen LogP contribution in [-0.2, 0) is 16.0 Å². The highest BCUT2D eigenvalue weighted by Gasteiger charge is 2.29. The average molecular weight is 553 g/mol. The topological polar surface area (TPSA) is 95.5 Å². The largest absolute Gasteiger partial charge is 0.480 e. The number of aryl methyl sites for hydroxylation is 1. The molecule has 0 heterocycles. The summed E-state index contributed by atoms with van der Waals surface area (Å²) in [5.41, 5.74) is 4.14. The number of rotatable bonds is 15. The summed E-state index contributed by atoms with van der Waals surface area (Å²) in [5.74, 6) is -0.364. The third kappa shape index (κ3) is 8.94. The van der Waals surface area contributed by atoms with Crippen molar-refractivity contribution < 1.29 is 19.5 Å². The molecule has 1 fully saturated rings. The van der Waals surface area contributed by atoms with Crippen molar-refractivity contribution >= 4 is 29.4 Å². The number of benzene rings is 2. The van der Waals surface area contributed by atoms with Gasteiger partial charge in [-0.05, 0) is 85.9 Å². The molecule has 7 heteroatoms. The molecule has 0 spiro atoms. The number of Topliss-reactive ketones (excluding diaryl/α,β-unsaturated/α-hetero) is 1. The van der Waals surface area contributed by atoms with Crippen LogP contribution in [0, 0.1) is 12.8 Å². The number of aliphatic carboxylic acids is 1. The highest BCUT2D eigenvalue weighted by molar-refractivity contribution is 7.98. The van der Waals surface area contributed by atoms with Crippen LogP contribution in [0.15, 0.2) is 42.5 Å². The number of unbranched alkanes of at least 4 members (excludes halogenated alkanes) is 1. The number of carboxylic acid groups (broad SMARTS) is 1. The van der Waals surface area contributed by atoms with Crippen LogP contribution in [0.5, 0.6) is 0 Å². The Balaban J connectivity index is 1.93. The first-order chi connectivity index (χ1) is 18.8. The molecule has 2 aromatic carbocycles. The maximum atomic E-state index is 13.6. The molecule has 0 aliphatic heterocycles. The van der Waals surface area contributed by atoms with E-state index in [9.17, 15) is 19.5 Å². The molecule has 0 radical (unpaired) electrons. The summed E-state index contributed by atoms with van der Waals surface area (Å²) >= 11 is 1.55. The van der Waals surface area contributed by atoms with Gasteiger partial charge in [-0.3, -0.25) is 9.59 Å². The Morgan fingerprint density at radius 3 is 2.44 bits per heavy atom. The maximum Gasteiger partial charge on any atom is 0.326 e. The second-order valence-corrected chi connectivity index (χ2v) is 11.6. The zero-order valence-electron chi connectivity index (χ0n) is 23.6. The van der Waals surface area contributed by atoms with Crippen molar-refractivity contribution in [1.29, 1.82) is 0 Å². The third-order valence-corrected chi connectivity index (χ3v) is 8.33. The standard InChI is InChI=1S/C32H44N2O4S/c1-4-5-18-33-29(30(35)24-12-7-6-8-13-24)21-23-15-16-26(27(20-23)25-14-10-9-11-22(25)2)31(36)34-28(32(37)38)17-19-39-3/h9-11,14-16,20,24,28-29,33H,4-8,12-13,17-19,21H2,1-3H3,(H,34,36)(H,37,38)/t28-,29?/m0/s1. The number of nitrogens with one attached hydrogen (secondary N) is 2. The lowest BCUT2D eigenvalue weighted by molar-refractivity contribution is -0.139. The molecule has 3 N–H and O–H groups in total. The van der Waals surface area contributed by atoms with Crippen LogP contribution in [0.4, 0.5) is 0 Å². The first kappa shape index (κ1) is 30.9. The van der Waals surface area contributed by atoms with E-state index in [1.165, 1.54) is 6.42 Å². The smallest absolute Gasteiger partial charge is 0.326 e. The van der Waals surface area contributed by atoms with Gasteiger partial charge in [0, 0.05) is 11.5 Å². The number of amides is 1. The Morgan fingerprint density at radius 1 is 1.03 bits per heavy atom. The minimum Gasteiger partial charge on any atom is -0.480 e. The van der Waals surface area contributed by atoms with Crippen molar-refractivity contribution in [2.24, 2.45) is 5.92 Å². The Labute approximate surface area is 237 Å². The van der Waals surface area contributed by atoms with Gasteiger partial charge in [0.1, 0.15) is 6.04 Å². The first-order valence-electron chi connectivity index (χ1n) is 14.3. The molecule has 212 valence electrons. The van der Waals surface area contributed by atoms with Gasteiger partial charge in [-0.2, -0.15) is 11.8 Å². The van der Waals surface area contributed by atoms with Gasteiger partial charge in [-0.1, -0.05) is 69.0 Å². The highest BCUT2D eigenvalue weighted by Crippen LogP contribution is 2.30. The van der Waals surface area contributed by atoms with E-state index < -0.39 is 17.9 Å². The minimum absolute atomic E-state index is 0.119. The first-order valence-corrected chi connectivity index (χ1v) is 15.7. The number of carbonyl (C=O) groups excluding carboxylic acids is 2. The van der Waals surface area contributed by atoms with Crippen molar-refractivity contribution in [3.05, 3.63) is 59.2 Å². The van der Waals surface area contributed by atoms with E-state index >= 15 is 0 Å². The fourth-order valence-corrected chi connectivity index (χ4v) is 5.85. The Morgan fingerprint density at radius 2 is 1.77 bits per heavy atom. The number of carbonyl (C=O) groups is 3. The lowest BCUT2D eigenvalue weighted by Crippen LogP contribution is -2.43. The van der Waals surface area contributed by atoms with E-state index in [1.807, 2.05) is 49.6 Å². The molecular weight excluding hydrogens is 508 g/mol. The summed E-state index contributed by atoms with van der Waals surface area (Å²) in [6.45, 7) is 4.95. The van der Waals surface area contributed by atoms with E-state index in [0.29, 0.717) is 29.9 Å². The molecule has 0 saturated heterocycles. The second-order valence-electron chi connectivity index (χ2n) is 10.6. The summed E-state index contributed by atoms with van der Waals surface area (Å²) in [6, 6.07) is 12.4. The number of ketones is 1. The normalized spacial score (nSPS) is 15.5. The van der Waals surface area contributed by atoms with E-state index in [0.717, 1.165) is 67.3 Å². The van der Waals surface area contributed by atoms with Crippen molar-refractivity contribution in [3.63, 3.8) is 0 Å². The number of carboxylic acids is 1. The van der Waals surface area contributed by atoms with Gasteiger partial charge in [0.15, 0.2) is 5.78 Å². The maximum absolute atomic E-state index is 13.6. The molecule has 0 bridgehead atoms. The van der Waals surface area contributed by atoms with Gasteiger partial charge >= 0.3 is 5.97 Å². The fourth-order valence-electron chi connectivity index (χ4n) is 5.38. The van der Waals surface area contributed by atoms with Crippen LogP contribution in [0.3, 0.4) is 0 Å². The zero-order valence-corrected chi connectivity index (χ0v) is 24.4. The van der Waals surface area contributed by atoms with E-state index in [-0.39, 0.29) is 12.0 Å². The average Bonchev–Trinajstić information content (AvgIpc) is 2.95. The SMILES string of the molecule is CCCCNC(Cc1ccc(C(=O)N[C@@H](CCSC)C(=O)O)c(-c2ccccc2C)c1)C(=O)C1CCCCC1. The van der Waals surface area contributed by atoms with Crippen molar-refractivity contribution in [1.82, 2.24) is 10.6 Å². The molecule has 1 aliphatic carbocycles. The van der Waals surface area contributed by atoms with Gasteiger partial charge in [-0.25, -0.2) is 4.79 Å². The van der Waals surface area contributed by atoms with Crippen LogP contribution in [0.2, 0.25) is 0 Å².